The molecule has 0 atom stereocenters. The molecule has 4 rings (SSSR count). The van der Waals surface area contributed by atoms with Gasteiger partial charge in [-0.15, -0.1) is 0 Å². The second kappa shape index (κ2) is 7.49. The molecule has 0 saturated heterocycles. The van der Waals surface area contributed by atoms with E-state index in [9.17, 15) is 13.6 Å². The van der Waals surface area contributed by atoms with Crippen molar-refractivity contribution in [1.29, 1.82) is 0 Å². The molecule has 0 aliphatic rings. The maximum absolute atomic E-state index is 14.6. The Morgan fingerprint density at radius 2 is 1.96 bits per heavy atom. The zero-order chi connectivity index (χ0) is 19.7. The van der Waals surface area contributed by atoms with Gasteiger partial charge in [0.1, 0.15) is 12.4 Å². The maximum atomic E-state index is 14.6. The van der Waals surface area contributed by atoms with Gasteiger partial charge in [-0.2, -0.15) is 4.37 Å². The highest BCUT2D eigenvalue weighted by atomic mass is 35.5. The van der Waals surface area contributed by atoms with E-state index in [-0.39, 0.29) is 18.2 Å². The lowest BCUT2D eigenvalue weighted by atomic mass is 10.1. The number of hydrogen-bond acceptors (Lipinski definition) is 7. The van der Waals surface area contributed by atoms with Crippen molar-refractivity contribution in [1.82, 2.24) is 19.5 Å². The lowest BCUT2D eigenvalue weighted by Crippen LogP contribution is -2.02. The first-order valence-corrected chi connectivity index (χ1v) is 8.92. The van der Waals surface area contributed by atoms with E-state index in [4.69, 9.17) is 16.3 Å². The molecule has 142 valence electrons. The van der Waals surface area contributed by atoms with E-state index in [0.717, 1.165) is 29.2 Å². The zero-order valence-corrected chi connectivity index (χ0v) is 15.4. The Kier molecular flexibility index (Phi) is 4.88. The van der Waals surface area contributed by atoms with Crippen LogP contribution in [-0.4, -0.2) is 19.5 Å². The first-order chi connectivity index (χ1) is 13.5. The number of rotatable bonds is 5. The normalized spacial score (nSPS) is 11.0. The number of benzene rings is 2. The van der Waals surface area contributed by atoms with Crippen molar-refractivity contribution in [2.75, 3.05) is 0 Å². The molecule has 0 aliphatic carbocycles. The van der Waals surface area contributed by atoms with Crippen LogP contribution in [0.1, 0.15) is 5.01 Å². The molecule has 28 heavy (non-hydrogen) atoms. The molecule has 0 aliphatic heterocycles. The number of nitrogens with zero attached hydrogens (tertiary/aromatic N) is 3. The number of ether oxygens (including phenoxy) is 1. The van der Waals surface area contributed by atoms with Crippen LogP contribution in [-0.2, 0) is 6.61 Å². The second-order valence-corrected chi connectivity index (χ2v) is 6.76. The minimum absolute atomic E-state index is 0.0808. The Hall–Kier alpha value is -3.11. The first-order valence-electron chi connectivity index (χ1n) is 7.77. The average Bonchev–Trinajstić information content (AvgIpc) is 3.31. The highest BCUT2D eigenvalue weighted by Gasteiger charge is 2.20. The fourth-order valence-corrected chi connectivity index (χ4v) is 3.07. The molecule has 0 radical (unpaired) electrons. The van der Waals surface area contributed by atoms with Gasteiger partial charge in [-0.3, -0.25) is 9.51 Å². The summed E-state index contributed by atoms with van der Waals surface area (Å²) in [6.07, 6.45) is 0. The summed E-state index contributed by atoms with van der Waals surface area (Å²) in [5, 5.41) is 4.39. The van der Waals surface area contributed by atoms with E-state index in [0.29, 0.717) is 15.9 Å². The Morgan fingerprint density at radius 3 is 2.68 bits per heavy atom. The minimum Gasteiger partial charge on any atom is -0.483 e. The lowest BCUT2D eigenvalue weighted by molar-refractivity contribution is 0.289. The molecule has 0 fully saturated rings. The smallest absolute Gasteiger partial charge is 0.439 e. The monoisotopic (exact) mass is 422 g/mol. The minimum atomic E-state index is -1.02. The van der Waals surface area contributed by atoms with E-state index >= 15 is 0 Å². The lowest BCUT2D eigenvalue weighted by Gasteiger charge is -2.08. The largest absolute Gasteiger partial charge is 0.483 e. The summed E-state index contributed by atoms with van der Waals surface area (Å²) in [5.74, 6) is -2.98. The summed E-state index contributed by atoms with van der Waals surface area (Å²) in [6, 6.07) is 9.13. The van der Waals surface area contributed by atoms with Crippen LogP contribution < -0.4 is 10.5 Å². The maximum Gasteiger partial charge on any atom is 0.439 e. The predicted molar refractivity (Wildman–Crippen MR) is 97.2 cm³/mol. The van der Waals surface area contributed by atoms with Crippen molar-refractivity contribution in [3.63, 3.8) is 0 Å². The number of H-pyrrole nitrogens is 1. The van der Waals surface area contributed by atoms with E-state index in [1.54, 1.807) is 24.3 Å². The summed E-state index contributed by atoms with van der Waals surface area (Å²) in [4.78, 5) is 17.5. The molecule has 2 aromatic heterocycles. The summed E-state index contributed by atoms with van der Waals surface area (Å²) < 4.78 is 42.5. The van der Waals surface area contributed by atoms with Crippen LogP contribution in [0.3, 0.4) is 0 Å². The van der Waals surface area contributed by atoms with Crippen LogP contribution in [0.25, 0.3) is 22.8 Å². The fraction of sp³-hybridized carbons (Fsp3) is 0.0588. The van der Waals surface area contributed by atoms with Gasteiger partial charge in [-0.25, -0.2) is 18.6 Å². The van der Waals surface area contributed by atoms with E-state index < -0.39 is 23.0 Å². The Morgan fingerprint density at radius 1 is 1.18 bits per heavy atom. The van der Waals surface area contributed by atoms with Gasteiger partial charge >= 0.3 is 5.76 Å². The van der Waals surface area contributed by atoms with Crippen molar-refractivity contribution in [2.45, 2.75) is 6.61 Å². The van der Waals surface area contributed by atoms with Crippen LogP contribution in [0, 0.1) is 11.6 Å². The second-order valence-electron chi connectivity index (χ2n) is 5.49. The Bertz CT molecular complexity index is 1190. The van der Waals surface area contributed by atoms with E-state index in [2.05, 4.69) is 24.0 Å². The Labute approximate surface area is 164 Å². The van der Waals surface area contributed by atoms with Crippen molar-refractivity contribution >= 4 is 23.1 Å². The third-order valence-electron chi connectivity index (χ3n) is 3.65. The third-order valence-corrected chi connectivity index (χ3v) is 4.59. The molecule has 0 bridgehead atoms. The van der Waals surface area contributed by atoms with Crippen molar-refractivity contribution < 1.29 is 18.0 Å². The van der Waals surface area contributed by atoms with Gasteiger partial charge in [0.05, 0.1) is 5.56 Å². The van der Waals surface area contributed by atoms with Gasteiger partial charge < -0.3 is 4.74 Å². The molecular formula is C17H9ClF2N4O3S. The van der Waals surface area contributed by atoms with Gasteiger partial charge in [-0.1, -0.05) is 16.8 Å². The van der Waals surface area contributed by atoms with Crippen molar-refractivity contribution in [2.24, 2.45) is 0 Å². The molecule has 7 nitrogen and oxygen atoms in total. The number of hydrogen-bond donors (Lipinski definition) is 1. The van der Waals surface area contributed by atoms with E-state index in [1.165, 1.54) is 0 Å². The summed E-state index contributed by atoms with van der Waals surface area (Å²) in [7, 11) is 0. The van der Waals surface area contributed by atoms with Gasteiger partial charge in [0.15, 0.2) is 28.2 Å². The molecule has 0 saturated carbocycles. The number of aromatic amines is 1. The molecule has 2 heterocycles. The standard InChI is InChI=1S/C17H9ClF2N4O3S/c18-9-3-1-8(2-4-9)15-21-12(28-24-15)7-26-11-6-5-10(19)13(14(11)20)16-22-17(25)27-23-16/h1-6H,7H2,(H,22,23,25). The van der Waals surface area contributed by atoms with Gasteiger partial charge in [0, 0.05) is 10.6 Å². The molecule has 1 N–H and O–H groups in total. The molecular weight excluding hydrogens is 414 g/mol. The molecule has 0 unspecified atom stereocenters. The SMILES string of the molecule is O=c1[nH]c(-c2c(F)ccc(OCc3nc(-c4ccc(Cl)cc4)ns3)c2F)no1. The van der Waals surface area contributed by atoms with Crippen molar-refractivity contribution in [3.8, 4) is 28.5 Å². The van der Waals surface area contributed by atoms with Crippen LogP contribution >= 0.6 is 23.1 Å². The van der Waals surface area contributed by atoms with Crippen LogP contribution in [0.4, 0.5) is 8.78 Å². The Balaban J connectivity index is 1.54. The highest BCUT2D eigenvalue weighted by Crippen LogP contribution is 2.30. The van der Waals surface area contributed by atoms with E-state index in [1.807, 2.05) is 0 Å². The first kappa shape index (κ1) is 18.3. The summed E-state index contributed by atoms with van der Waals surface area (Å²) in [6.45, 7) is -0.0808. The van der Waals surface area contributed by atoms with Crippen LogP contribution in [0.15, 0.2) is 45.7 Å². The summed E-state index contributed by atoms with van der Waals surface area (Å²) >= 11 is 6.95. The van der Waals surface area contributed by atoms with Gasteiger partial charge in [-0.05, 0) is 47.9 Å². The molecule has 2 aromatic carbocycles. The van der Waals surface area contributed by atoms with Crippen molar-refractivity contribution in [3.05, 3.63) is 68.6 Å². The molecule has 0 amide bonds. The number of aromatic nitrogens is 4. The average molecular weight is 423 g/mol. The van der Waals surface area contributed by atoms with Gasteiger partial charge in [0.2, 0.25) is 0 Å². The summed E-state index contributed by atoms with van der Waals surface area (Å²) in [5.41, 5.74) is 0.222. The van der Waals surface area contributed by atoms with Crippen LogP contribution in [0.5, 0.6) is 5.75 Å². The van der Waals surface area contributed by atoms with Crippen LogP contribution in [0.2, 0.25) is 5.02 Å². The molecule has 0 spiro atoms. The zero-order valence-electron chi connectivity index (χ0n) is 13.8. The third kappa shape index (κ3) is 3.64. The topological polar surface area (TPSA) is 93.9 Å². The quantitative estimate of drug-likeness (QED) is 0.521. The number of halogens is 3. The fourth-order valence-electron chi connectivity index (χ4n) is 2.37. The molecule has 4 aromatic rings. The predicted octanol–water partition coefficient (Wildman–Crippen LogP) is 4.06. The molecule has 11 heteroatoms. The highest BCUT2D eigenvalue weighted by molar-refractivity contribution is 7.05. The number of nitrogens with one attached hydrogen (secondary N) is 1. The van der Waals surface area contributed by atoms with Gasteiger partial charge in [0.25, 0.3) is 0 Å².